The van der Waals surface area contributed by atoms with Crippen molar-refractivity contribution >= 4 is 0 Å². The van der Waals surface area contributed by atoms with Gasteiger partial charge in [-0.1, -0.05) is 37.8 Å². The summed E-state index contributed by atoms with van der Waals surface area (Å²) in [6, 6.07) is 1.98. The molecule has 0 saturated carbocycles. The Morgan fingerprint density at radius 3 is 2.19 bits per heavy atom. The Balaban J connectivity index is 1.90. The summed E-state index contributed by atoms with van der Waals surface area (Å²) in [5.74, 6) is -7.10. The second kappa shape index (κ2) is 9.32. The fourth-order valence-corrected chi connectivity index (χ4v) is 3.80. The Labute approximate surface area is 175 Å². The summed E-state index contributed by atoms with van der Waals surface area (Å²) in [5, 5.41) is 0. The van der Waals surface area contributed by atoms with Crippen molar-refractivity contribution in [2.24, 2.45) is 0 Å². The molecule has 2 aromatic rings. The number of benzene rings is 2. The van der Waals surface area contributed by atoms with Gasteiger partial charge >= 0.3 is 6.36 Å². The maximum Gasteiger partial charge on any atom is 0.573 e. The minimum absolute atomic E-state index is 0.206. The molecule has 0 aromatic heterocycles. The SMILES string of the molecule is CCCCCCC1=CCc2c(cc(F)c(-c3cc(F)c(OC(F)(F)F)c(F)c3)c2F)C1. The molecule has 0 saturated heterocycles. The number of ether oxygens (including phenoxy) is 1. The highest BCUT2D eigenvalue weighted by atomic mass is 19.4. The standard InChI is InChI=1S/C23H21F7O/c1-2-3-4-5-6-13-7-8-16-14(9-13)10-17(24)20(21(16)27)15-11-18(25)22(19(26)12-15)31-23(28,29)30/h7,10-12H,2-6,8-9H2,1H3. The summed E-state index contributed by atoms with van der Waals surface area (Å²) < 4.78 is 98.1. The van der Waals surface area contributed by atoms with E-state index in [9.17, 15) is 26.3 Å². The van der Waals surface area contributed by atoms with Crippen LogP contribution in [-0.2, 0) is 12.8 Å². The van der Waals surface area contributed by atoms with E-state index < -0.39 is 46.5 Å². The van der Waals surface area contributed by atoms with Crippen molar-refractivity contribution in [3.63, 3.8) is 0 Å². The van der Waals surface area contributed by atoms with Gasteiger partial charge < -0.3 is 4.74 Å². The molecule has 1 nitrogen and oxygen atoms in total. The van der Waals surface area contributed by atoms with Crippen LogP contribution in [0.5, 0.6) is 5.75 Å². The molecule has 168 valence electrons. The van der Waals surface area contributed by atoms with Gasteiger partial charge in [-0.05, 0) is 60.6 Å². The lowest BCUT2D eigenvalue weighted by atomic mass is 9.86. The summed E-state index contributed by atoms with van der Waals surface area (Å²) in [5.41, 5.74) is 0.530. The van der Waals surface area contributed by atoms with Crippen LogP contribution in [0.3, 0.4) is 0 Å². The van der Waals surface area contributed by atoms with Crippen LogP contribution >= 0.6 is 0 Å². The smallest absolute Gasteiger partial charge is 0.399 e. The van der Waals surface area contributed by atoms with Crippen LogP contribution in [0.25, 0.3) is 11.1 Å². The van der Waals surface area contributed by atoms with Gasteiger partial charge in [0.05, 0.1) is 5.56 Å². The molecule has 0 bridgehead atoms. The van der Waals surface area contributed by atoms with Gasteiger partial charge in [-0.3, -0.25) is 0 Å². The number of hydrogen-bond acceptors (Lipinski definition) is 1. The molecule has 0 amide bonds. The van der Waals surface area contributed by atoms with E-state index in [1.54, 1.807) is 0 Å². The second-order valence-corrected chi connectivity index (χ2v) is 7.56. The minimum atomic E-state index is -5.31. The first kappa shape index (κ1) is 23.2. The number of rotatable bonds is 7. The van der Waals surface area contributed by atoms with Crippen molar-refractivity contribution in [1.29, 1.82) is 0 Å². The number of unbranched alkanes of at least 4 members (excludes halogenated alkanes) is 3. The molecule has 0 radical (unpaired) electrons. The van der Waals surface area contributed by atoms with Gasteiger partial charge in [0.1, 0.15) is 11.6 Å². The molecule has 0 N–H and O–H groups in total. The monoisotopic (exact) mass is 446 g/mol. The van der Waals surface area contributed by atoms with Gasteiger partial charge in [0.15, 0.2) is 11.6 Å². The minimum Gasteiger partial charge on any atom is -0.399 e. The van der Waals surface area contributed by atoms with E-state index in [1.165, 1.54) is 0 Å². The van der Waals surface area contributed by atoms with Gasteiger partial charge in [-0.25, -0.2) is 17.6 Å². The highest BCUT2D eigenvalue weighted by Crippen LogP contribution is 2.38. The van der Waals surface area contributed by atoms with E-state index in [0.29, 0.717) is 24.1 Å². The lowest BCUT2D eigenvalue weighted by Crippen LogP contribution is -2.19. The largest absolute Gasteiger partial charge is 0.573 e. The van der Waals surface area contributed by atoms with Crippen molar-refractivity contribution in [3.05, 3.63) is 64.2 Å². The van der Waals surface area contributed by atoms with E-state index in [-0.39, 0.29) is 12.0 Å². The number of halogens is 7. The molecule has 1 aliphatic carbocycles. The van der Waals surface area contributed by atoms with E-state index in [4.69, 9.17) is 0 Å². The van der Waals surface area contributed by atoms with Crippen molar-refractivity contribution in [2.75, 3.05) is 0 Å². The van der Waals surface area contributed by atoms with E-state index in [1.807, 2.05) is 6.08 Å². The Hall–Kier alpha value is -2.51. The van der Waals surface area contributed by atoms with Crippen LogP contribution in [0, 0.1) is 23.3 Å². The van der Waals surface area contributed by atoms with Crippen LogP contribution in [0.2, 0.25) is 0 Å². The number of hydrogen-bond donors (Lipinski definition) is 0. The molecule has 0 unspecified atom stereocenters. The molecule has 0 fully saturated rings. The Morgan fingerprint density at radius 2 is 1.58 bits per heavy atom. The van der Waals surface area contributed by atoms with E-state index in [0.717, 1.165) is 43.7 Å². The fraction of sp³-hybridized carbons (Fsp3) is 0.391. The zero-order valence-corrected chi connectivity index (χ0v) is 16.8. The molecule has 3 rings (SSSR count). The van der Waals surface area contributed by atoms with Gasteiger partial charge in [0, 0.05) is 0 Å². The molecule has 0 spiro atoms. The first-order valence-corrected chi connectivity index (χ1v) is 10.0. The summed E-state index contributed by atoms with van der Waals surface area (Å²) in [7, 11) is 0. The van der Waals surface area contributed by atoms with Crippen molar-refractivity contribution in [3.8, 4) is 16.9 Å². The molecular formula is C23H21F7O. The lowest BCUT2D eigenvalue weighted by Gasteiger charge is -2.20. The predicted molar refractivity (Wildman–Crippen MR) is 103 cm³/mol. The average molecular weight is 446 g/mol. The maximum atomic E-state index is 15.1. The highest BCUT2D eigenvalue weighted by Gasteiger charge is 2.34. The van der Waals surface area contributed by atoms with Crippen LogP contribution in [0.15, 0.2) is 29.8 Å². The molecule has 2 aromatic carbocycles. The van der Waals surface area contributed by atoms with Gasteiger partial charge in [-0.15, -0.1) is 13.2 Å². The van der Waals surface area contributed by atoms with Gasteiger partial charge in [0.2, 0.25) is 5.75 Å². The number of alkyl halides is 3. The molecule has 0 heterocycles. The normalized spacial score (nSPS) is 13.7. The lowest BCUT2D eigenvalue weighted by molar-refractivity contribution is -0.276. The molecule has 1 aliphatic rings. The molecule has 0 aliphatic heterocycles. The zero-order chi connectivity index (χ0) is 22.8. The first-order valence-electron chi connectivity index (χ1n) is 10.0. The molecule has 0 atom stereocenters. The number of allylic oxidation sites excluding steroid dienone is 2. The third kappa shape index (κ3) is 5.40. The van der Waals surface area contributed by atoms with E-state index in [2.05, 4.69) is 11.7 Å². The molecule has 8 heteroatoms. The predicted octanol–water partition coefficient (Wildman–Crippen LogP) is 7.80. The van der Waals surface area contributed by atoms with Crippen LogP contribution in [0.1, 0.15) is 50.2 Å². The van der Waals surface area contributed by atoms with Gasteiger partial charge in [0.25, 0.3) is 0 Å². The third-order valence-electron chi connectivity index (χ3n) is 5.28. The molecule has 31 heavy (non-hydrogen) atoms. The van der Waals surface area contributed by atoms with Crippen molar-refractivity contribution in [1.82, 2.24) is 0 Å². The first-order chi connectivity index (χ1) is 14.6. The Morgan fingerprint density at radius 1 is 0.903 bits per heavy atom. The number of fused-ring (bicyclic) bond motifs is 1. The highest BCUT2D eigenvalue weighted by molar-refractivity contribution is 5.68. The van der Waals surface area contributed by atoms with Crippen molar-refractivity contribution in [2.45, 2.75) is 58.2 Å². The Bertz CT molecular complexity index is 969. The van der Waals surface area contributed by atoms with Crippen LogP contribution < -0.4 is 4.74 Å². The van der Waals surface area contributed by atoms with Crippen LogP contribution in [0.4, 0.5) is 30.7 Å². The van der Waals surface area contributed by atoms with E-state index >= 15 is 4.39 Å². The zero-order valence-electron chi connectivity index (χ0n) is 16.8. The summed E-state index contributed by atoms with van der Waals surface area (Å²) in [6.07, 6.45) is 2.28. The second-order valence-electron chi connectivity index (χ2n) is 7.56. The summed E-state index contributed by atoms with van der Waals surface area (Å²) in [6.45, 7) is 2.11. The third-order valence-corrected chi connectivity index (χ3v) is 5.28. The Kier molecular flexibility index (Phi) is 6.96. The topological polar surface area (TPSA) is 9.23 Å². The quantitative estimate of drug-likeness (QED) is 0.240. The summed E-state index contributed by atoms with van der Waals surface area (Å²) >= 11 is 0. The average Bonchev–Trinajstić information content (AvgIpc) is 2.67. The fourth-order valence-electron chi connectivity index (χ4n) is 3.80. The summed E-state index contributed by atoms with van der Waals surface area (Å²) in [4.78, 5) is 0. The van der Waals surface area contributed by atoms with Crippen LogP contribution in [-0.4, -0.2) is 6.36 Å². The molecular weight excluding hydrogens is 425 g/mol. The maximum absolute atomic E-state index is 15.1. The van der Waals surface area contributed by atoms with Gasteiger partial charge in [-0.2, -0.15) is 0 Å². The van der Waals surface area contributed by atoms with Crippen molar-refractivity contribution < 1.29 is 35.5 Å².